The number of methoxy groups -OCH3 is 1. The van der Waals surface area contributed by atoms with Crippen LogP contribution in [0.15, 0.2) is 54.6 Å². The zero-order valence-electron chi connectivity index (χ0n) is 14.7. The van der Waals surface area contributed by atoms with E-state index in [1.54, 1.807) is 25.3 Å². The lowest BCUT2D eigenvalue weighted by Crippen LogP contribution is -2.10. The fraction of sp³-hybridized carbons (Fsp3) is 0.100. The maximum atomic E-state index is 12.7. The Morgan fingerprint density at radius 1 is 1.19 bits per heavy atom. The predicted molar refractivity (Wildman–Crippen MR) is 110 cm³/mol. The van der Waals surface area contributed by atoms with E-state index in [-0.39, 0.29) is 5.91 Å². The molecule has 5 nitrogen and oxygen atoms in total. The van der Waals surface area contributed by atoms with Crippen molar-refractivity contribution < 1.29 is 9.53 Å². The molecule has 1 amide bonds. The first kappa shape index (κ1) is 17.6. The fourth-order valence-corrected chi connectivity index (χ4v) is 4.18. The van der Waals surface area contributed by atoms with Crippen molar-refractivity contribution in [3.8, 4) is 11.4 Å². The fourth-order valence-electron chi connectivity index (χ4n) is 2.84. The number of fused-ring (bicyclic) bond motifs is 1. The Balaban J connectivity index is 1.66. The number of benzene rings is 2. The number of rotatable bonds is 4. The molecule has 0 spiro atoms. The number of anilines is 1. The van der Waals surface area contributed by atoms with Crippen molar-refractivity contribution >= 4 is 44.7 Å². The molecule has 0 aliphatic carbocycles. The molecule has 2 aromatic carbocycles. The number of hydrogen-bond donors (Lipinski definition) is 1. The molecule has 0 atom stereocenters. The van der Waals surface area contributed by atoms with E-state index in [4.69, 9.17) is 16.3 Å². The van der Waals surface area contributed by atoms with Gasteiger partial charge in [-0.05, 0) is 43.3 Å². The SMILES string of the molecule is COc1ccc(NC(=O)c2cc3c(C)nn(-c4ccccc4)c3s2)cc1Cl. The molecule has 0 fully saturated rings. The zero-order valence-corrected chi connectivity index (χ0v) is 16.3. The maximum absolute atomic E-state index is 12.7. The first-order chi connectivity index (χ1) is 13.1. The lowest BCUT2D eigenvalue weighted by Gasteiger charge is -2.07. The molecule has 0 saturated heterocycles. The van der Waals surface area contributed by atoms with E-state index in [9.17, 15) is 4.79 Å². The molecule has 7 heteroatoms. The molecule has 136 valence electrons. The molecule has 0 bridgehead atoms. The summed E-state index contributed by atoms with van der Waals surface area (Å²) >= 11 is 7.54. The van der Waals surface area contributed by atoms with Crippen molar-refractivity contribution in [3.05, 3.63) is 70.2 Å². The van der Waals surface area contributed by atoms with Crippen LogP contribution in [0.3, 0.4) is 0 Å². The van der Waals surface area contributed by atoms with Crippen molar-refractivity contribution in [1.82, 2.24) is 9.78 Å². The molecule has 27 heavy (non-hydrogen) atoms. The lowest BCUT2D eigenvalue weighted by atomic mass is 10.2. The van der Waals surface area contributed by atoms with Gasteiger partial charge in [-0.3, -0.25) is 4.79 Å². The number of para-hydroxylation sites is 1. The van der Waals surface area contributed by atoms with Crippen LogP contribution in [0, 0.1) is 6.92 Å². The molecule has 0 aliphatic rings. The minimum absolute atomic E-state index is 0.184. The first-order valence-corrected chi connectivity index (χ1v) is 9.46. The van der Waals surface area contributed by atoms with Gasteiger partial charge in [0, 0.05) is 11.1 Å². The molecule has 2 heterocycles. The Hall–Kier alpha value is -2.83. The maximum Gasteiger partial charge on any atom is 0.265 e. The Morgan fingerprint density at radius 3 is 2.67 bits per heavy atom. The van der Waals surface area contributed by atoms with Gasteiger partial charge in [0.2, 0.25) is 0 Å². The average molecular weight is 398 g/mol. The van der Waals surface area contributed by atoms with Crippen molar-refractivity contribution in [1.29, 1.82) is 0 Å². The van der Waals surface area contributed by atoms with E-state index in [0.29, 0.717) is 21.3 Å². The van der Waals surface area contributed by atoms with Crippen LogP contribution in [-0.2, 0) is 0 Å². The predicted octanol–water partition coefficient (Wildman–Crippen LogP) is 5.31. The van der Waals surface area contributed by atoms with Gasteiger partial charge in [-0.2, -0.15) is 5.10 Å². The highest BCUT2D eigenvalue weighted by atomic mass is 35.5. The molecule has 2 aromatic heterocycles. The average Bonchev–Trinajstić information content (AvgIpc) is 3.23. The van der Waals surface area contributed by atoms with Gasteiger partial charge in [-0.25, -0.2) is 4.68 Å². The van der Waals surface area contributed by atoms with E-state index in [1.165, 1.54) is 11.3 Å². The van der Waals surface area contributed by atoms with E-state index in [0.717, 1.165) is 21.6 Å². The number of ether oxygens (including phenoxy) is 1. The van der Waals surface area contributed by atoms with Gasteiger partial charge in [-0.1, -0.05) is 29.8 Å². The summed E-state index contributed by atoms with van der Waals surface area (Å²) in [6, 6.07) is 16.9. The summed E-state index contributed by atoms with van der Waals surface area (Å²) in [5, 5.41) is 8.90. The summed E-state index contributed by atoms with van der Waals surface area (Å²) in [4.78, 5) is 14.3. The Morgan fingerprint density at radius 2 is 1.96 bits per heavy atom. The van der Waals surface area contributed by atoms with E-state index < -0.39 is 0 Å². The summed E-state index contributed by atoms with van der Waals surface area (Å²) in [7, 11) is 1.55. The highest BCUT2D eigenvalue weighted by Gasteiger charge is 2.17. The van der Waals surface area contributed by atoms with E-state index in [1.807, 2.05) is 48.0 Å². The minimum Gasteiger partial charge on any atom is -0.495 e. The van der Waals surface area contributed by atoms with Crippen molar-refractivity contribution in [2.45, 2.75) is 6.92 Å². The molecule has 4 aromatic rings. The summed E-state index contributed by atoms with van der Waals surface area (Å²) in [5.74, 6) is 0.381. The molecule has 1 N–H and O–H groups in total. The van der Waals surface area contributed by atoms with Gasteiger partial charge in [-0.15, -0.1) is 11.3 Å². The lowest BCUT2D eigenvalue weighted by molar-refractivity contribution is 0.103. The number of thiophene rings is 1. The van der Waals surface area contributed by atoms with Crippen LogP contribution in [0.5, 0.6) is 5.75 Å². The van der Waals surface area contributed by atoms with E-state index in [2.05, 4.69) is 10.4 Å². The standard InChI is InChI=1S/C20H16ClN3O2S/c1-12-15-11-18(19(25)22-13-8-9-17(26-2)16(21)10-13)27-20(15)24(23-12)14-6-4-3-5-7-14/h3-11H,1-2H3,(H,22,25). The van der Waals surface area contributed by atoms with Crippen LogP contribution in [0.4, 0.5) is 5.69 Å². The molecular formula is C20H16ClN3O2S. The number of amides is 1. The molecule has 0 radical (unpaired) electrons. The number of aromatic nitrogens is 2. The third kappa shape index (κ3) is 3.29. The zero-order chi connectivity index (χ0) is 19.0. The van der Waals surface area contributed by atoms with Crippen LogP contribution < -0.4 is 10.1 Å². The number of nitrogens with zero attached hydrogens (tertiary/aromatic N) is 2. The topological polar surface area (TPSA) is 56.1 Å². The van der Waals surface area contributed by atoms with Gasteiger partial charge in [0.05, 0.1) is 28.4 Å². The normalized spacial score (nSPS) is 10.9. The molecule has 0 saturated carbocycles. The second-order valence-corrected chi connectivity index (χ2v) is 7.40. The van der Waals surface area contributed by atoms with Gasteiger partial charge in [0.15, 0.2) is 0 Å². The van der Waals surface area contributed by atoms with Crippen LogP contribution in [0.25, 0.3) is 15.9 Å². The van der Waals surface area contributed by atoms with Gasteiger partial charge in [0.25, 0.3) is 5.91 Å². The monoisotopic (exact) mass is 397 g/mol. The molecule has 0 unspecified atom stereocenters. The molecule has 0 aliphatic heterocycles. The highest BCUT2D eigenvalue weighted by Crippen LogP contribution is 2.32. The second kappa shape index (κ2) is 7.06. The molecule has 4 rings (SSSR count). The summed E-state index contributed by atoms with van der Waals surface area (Å²) in [6.07, 6.45) is 0. The Kier molecular flexibility index (Phi) is 4.59. The van der Waals surface area contributed by atoms with Crippen LogP contribution in [-0.4, -0.2) is 22.8 Å². The van der Waals surface area contributed by atoms with Gasteiger partial charge < -0.3 is 10.1 Å². The largest absolute Gasteiger partial charge is 0.495 e. The Bertz CT molecular complexity index is 1140. The van der Waals surface area contributed by atoms with Crippen molar-refractivity contribution in [2.24, 2.45) is 0 Å². The number of hydrogen-bond acceptors (Lipinski definition) is 4. The van der Waals surface area contributed by atoms with Gasteiger partial charge >= 0.3 is 0 Å². The summed E-state index contributed by atoms with van der Waals surface area (Å²) in [5.41, 5.74) is 2.47. The van der Waals surface area contributed by atoms with E-state index >= 15 is 0 Å². The number of nitrogens with one attached hydrogen (secondary N) is 1. The van der Waals surface area contributed by atoms with Crippen LogP contribution in [0.2, 0.25) is 5.02 Å². The summed E-state index contributed by atoms with van der Waals surface area (Å²) in [6.45, 7) is 1.94. The quantitative estimate of drug-likeness (QED) is 0.507. The smallest absolute Gasteiger partial charge is 0.265 e. The number of halogens is 1. The third-order valence-electron chi connectivity index (χ3n) is 4.18. The first-order valence-electron chi connectivity index (χ1n) is 8.26. The number of carbonyl (C=O) groups is 1. The van der Waals surface area contributed by atoms with Gasteiger partial charge in [0.1, 0.15) is 10.6 Å². The Labute approximate surface area is 165 Å². The number of carbonyl (C=O) groups excluding carboxylic acids is 1. The number of aryl methyl sites for hydroxylation is 1. The van der Waals surface area contributed by atoms with Crippen molar-refractivity contribution in [3.63, 3.8) is 0 Å². The van der Waals surface area contributed by atoms with Crippen molar-refractivity contribution in [2.75, 3.05) is 12.4 Å². The van der Waals surface area contributed by atoms with Crippen LogP contribution >= 0.6 is 22.9 Å². The second-order valence-electron chi connectivity index (χ2n) is 5.97. The minimum atomic E-state index is -0.184. The highest BCUT2D eigenvalue weighted by molar-refractivity contribution is 7.20. The van der Waals surface area contributed by atoms with Crippen LogP contribution in [0.1, 0.15) is 15.4 Å². The summed E-state index contributed by atoms with van der Waals surface area (Å²) < 4.78 is 7.01. The third-order valence-corrected chi connectivity index (χ3v) is 5.58. The molecular weight excluding hydrogens is 382 g/mol.